The summed E-state index contributed by atoms with van der Waals surface area (Å²) in [6.45, 7) is 4.57. The third-order valence-corrected chi connectivity index (χ3v) is 9.23. The Labute approximate surface area is 235 Å². The highest BCUT2D eigenvalue weighted by Gasteiger charge is 2.29. The van der Waals surface area contributed by atoms with E-state index in [9.17, 15) is 21.8 Å². The largest absolute Gasteiger partial charge is 0.491 e. The summed E-state index contributed by atoms with van der Waals surface area (Å²) in [6.07, 6.45) is -1.72. The number of morpholine rings is 1. The van der Waals surface area contributed by atoms with E-state index in [1.54, 1.807) is 13.0 Å². The van der Waals surface area contributed by atoms with E-state index in [0.717, 1.165) is 44.6 Å². The van der Waals surface area contributed by atoms with Gasteiger partial charge >= 0.3 is 6.18 Å². The molecule has 0 spiro atoms. The highest BCUT2D eigenvalue weighted by atomic mass is 32.2. The number of nitrogens with zero attached hydrogens (tertiary/aromatic N) is 4. The second-order valence-corrected chi connectivity index (χ2v) is 12.5. The van der Waals surface area contributed by atoms with Gasteiger partial charge < -0.3 is 19.5 Å². The fraction of sp³-hybridized carbons (Fsp3) is 0.481. The molecule has 0 amide bonds. The summed E-state index contributed by atoms with van der Waals surface area (Å²) in [6, 6.07) is 4.94. The second-order valence-electron chi connectivity index (χ2n) is 9.92. The van der Waals surface area contributed by atoms with Gasteiger partial charge in [-0.15, -0.1) is 0 Å². The van der Waals surface area contributed by atoms with Crippen molar-refractivity contribution in [1.29, 1.82) is 0 Å². The van der Waals surface area contributed by atoms with Crippen LogP contribution in [0.4, 0.5) is 34.8 Å². The number of nitrogens with one attached hydrogen (secondary N) is 1. The van der Waals surface area contributed by atoms with Crippen molar-refractivity contribution >= 4 is 37.8 Å². The number of aromatic nitrogens is 2. The first kappa shape index (κ1) is 29.3. The molecule has 222 valence electrons. The lowest BCUT2D eigenvalue weighted by molar-refractivity contribution is -0.153. The van der Waals surface area contributed by atoms with Crippen LogP contribution in [0.3, 0.4) is 0 Å². The molecule has 1 N–H and O–H groups in total. The maximum absolute atomic E-state index is 13.9. The van der Waals surface area contributed by atoms with Crippen LogP contribution < -0.4 is 14.8 Å². The van der Waals surface area contributed by atoms with E-state index in [0.29, 0.717) is 59.2 Å². The number of ether oxygens (including phenoxy) is 3. The van der Waals surface area contributed by atoms with Gasteiger partial charge in [-0.1, -0.05) is 0 Å². The quantitative estimate of drug-likeness (QED) is 0.246. The zero-order valence-corrected chi connectivity index (χ0v) is 23.3. The highest BCUT2D eigenvalue weighted by Crippen LogP contribution is 2.41. The van der Waals surface area contributed by atoms with Crippen molar-refractivity contribution in [3.63, 3.8) is 0 Å². The molecule has 0 unspecified atom stereocenters. The minimum Gasteiger partial charge on any atom is -0.491 e. The molecule has 0 bridgehead atoms. The summed E-state index contributed by atoms with van der Waals surface area (Å²) >= 11 is 0. The fourth-order valence-electron chi connectivity index (χ4n) is 4.68. The number of rotatable bonds is 10. The van der Waals surface area contributed by atoms with Gasteiger partial charge in [-0.05, 0) is 38.0 Å². The predicted octanol–water partition coefficient (Wildman–Crippen LogP) is 5.37. The van der Waals surface area contributed by atoms with Gasteiger partial charge in [0.25, 0.3) is 0 Å². The zero-order chi connectivity index (χ0) is 29.0. The van der Waals surface area contributed by atoms with E-state index in [1.807, 2.05) is 0 Å². The second kappa shape index (κ2) is 12.3. The molecule has 0 atom stereocenters. The normalized spacial score (nSPS) is 17.2. The van der Waals surface area contributed by atoms with Gasteiger partial charge in [-0.3, -0.25) is 4.90 Å². The summed E-state index contributed by atoms with van der Waals surface area (Å²) in [5.74, 6) is 0.665. The van der Waals surface area contributed by atoms with Crippen molar-refractivity contribution in [1.82, 2.24) is 14.9 Å². The number of aryl methyl sites for hydroxylation is 1. The highest BCUT2D eigenvalue weighted by molar-refractivity contribution is 7.95. The van der Waals surface area contributed by atoms with Gasteiger partial charge in [0, 0.05) is 48.2 Å². The molecule has 3 aromatic rings. The van der Waals surface area contributed by atoms with Crippen molar-refractivity contribution in [2.75, 3.05) is 62.9 Å². The topological polar surface area (TPSA) is 98.2 Å². The smallest absolute Gasteiger partial charge is 0.422 e. The number of hydrogen-bond acceptors (Lipinski definition) is 9. The number of anilines is 2. The molecular weight excluding hydrogens is 566 g/mol. The Kier molecular flexibility index (Phi) is 8.80. The van der Waals surface area contributed by atoms with Gasteiger partial charge in [0.15, 0.2) is 6.61 Å². The minimum atomic E-state index is -4.60. The van der Waals surface area contributed by atoms with Crippen molar-refractivity contribution < 1.29 is 36.0 Å². The Balaban J connectivity index is 1.47. The lowest BCUT2D eigenvalue weighted by Crippen LogP contribution is -2.37. The molecule has 3 heterocycles. The summed E-state index contributed by atoms with van der Waals surface area (Å²) in [5.41, 5.74) is 1.63. The first-order chi connectivity index (χ1) is 19.6. The van der Waals surface area contributed by atoms with Gasteiger partial charge in [-0.25, -0.2) is 18.6 Å². The molecule has 2 saturated heterocycles. The van der Waals surface area contributed by atoms with Gasteiger partial charge in [0.2, 0.25) is 0 Å². The zero-order valence-electron chi connectivity index (χ0n) is 22.5. The van der Waals surface area contributed by atoms with Gasteiger partial charge in [0.05, 0.1) is 40.8 Å². The summed E-state index contributed by atoms with van der Waals surface area (Å²) in [5, 5.41) is 3.51. The summed E-state index contributed by atoms with van der Waals surface area (Å²) in [7, 11) is -2.36. The molecule has 0 aliphatic carbocycles. The van der Waals surface area contributed by atoms with Crippen LogP contribution in [0.5, 0.6) is 11.5 Å². The maximum atomic E-state index is 13.9. The van der Waals surface area contributed by atoms with Crippen molar-refractivity contribution in [3.8, 4) is 11.5 Å². The van der Waals surface area contributed by atoms with Gasteiger partial charge in [0.1, 0.15) is 35.1 Å². The first-order valence-corrected chi connectivity index (χ1v) is 15.2. The molecule has 2 fully saturated rings. The average molecular weight is 598 g/mol. The first-order valence-electron chi connectivity index (χ1n) is 13.3. The average Bonchev–Trinajstić information content (AvgIpc) is 2.91. The van der Waals surface area contributed by atoms with E-state index in [-0.39, 0.29) is 17.3 Å². The Morgan fingerprint density at radius 3 is 2.63 bits per heavy atom. The number of halogens is 4. The monoisotopic (exact) mass is 597 g/mol. The van der Waals surface area contributed by atoms with Gasteiger partial charge in [-0.2, -0.15) is 17.5 Å². The Hall–Kier alpha value is -3.23. The molecule has 0 radical (unpaired) electrons. The fourth-order valence-corrected chi connectivity index (χ4v) is 6.14. The molecule has 2 aromatic carbocycles. The lowest BCUT2D eigenvalue weighted by atomic mass is 10.1. The SMILES string of the molecule is Cc1c(OCCCN2CCOCC2)c(N=S2(=O)CCC2)cc2ncnc(Nc3ccc(F)cc3OCC(F)(F)F)c12. The Bertz CT molecular complexity index is 1510. The van der Waals surface area contributed by atoms with Crippen LogP contribution in [-0.4, -0.2) is 82.8 Å². The van der Waals surface area contributed by atoms with E-state index in [1.165, 1.54) is 12.4 Å². The van der Waals surface area contributed by atoms with Crippen LogP contribution in [0.1, 0.15) is 18.4 Å². The van der Waals surface area contributed by atoms with Crippen LogP contribution in [0, 0.1) is 12.7 Å². The van der Waals surface area contributed by atoms with Crippen molar-refractivity contribution in [3.05, 3.63) is 42.0 Å². The number of benzene rings is 2. The van der Waals surface area contributed by atoms with E-state index < -0.39 is 28.3 Å². The van der Waals surface area contributed by atoms with Crippen LogP contribution >= 0.6 is 0 Å². The standard InChI is InChI=1S/C27H31F4N5O4S/c1-18-24-21(32-17-33-26(24)34-20-5-4-19(28)14-23(20)40-16-27(29,30)31)15-22(35-41(37)12-3-13-41)25(18)39-9-2-6-36-7-10-38-11-8-36/h4-5,14-15,17H,2-3,6-13,16H2,1H3,(H,32,33,34). The molecule has 2 aliphatic heterocycles. The van der Waals surface area contributed by atoms with Crippen LogP contribution in [-0.2, 0) is 14.5 Å². The number of alkyl halides is 3. The molecule has 14 heteroatoms. The third kappa shape index (κ3) is 7.35. The van der Waals surface area contributed by atoms with Crippen LogP contribution in [0.15, 0.2) is 35.0 Å². The third-order valence-electron chi connectivity index (χ3n) is 6.85. The Morgan fingerprint density at radius 2 is 1.93 bits per heavy atom. The summed E-state index contributed by atoms with van der Waals surface area (Å²) in [4.78, 5) is 11.0. The number of hydrogen-bond donors (Lipinski definition) is 1. The summed E-state index contributed by atoms with van der Waals surface area (Å²) < 4.78 is 86.5. The van der Waals surface area contributed by atoms with E-state index >= 15 is 0 Å². The Morgan fingerprint density at radius 1 is 1.15 bits per heavy atom. The van der Waals surface area contributed by atoms with Crippen molar-refractivity contribution in [2.45, 2.75) is 25.9 Å². The van der Waals surface area contributed by atoms with Crippen LogP contribution in [0.2, 0.25) is 0 Å². The van der Waals surface area contributed by atoms with Crippen LogP contribution in [0.25, 0.3) is 10.9 Å². The molecular formula is C27H31F4N5O4S. The van der Waals surface area contributed by atoms with E-state index in [2.05, 4.69) is 24.5 Å². The lowest BCUT2D eigenvalue weighted by Gasteiger charge is -2.26. The molecule has 1 aromatic heterocycles. The van der Waals surface area contributed by atoms with Crippen molar-refractivity contribution in [2.24, 2.45) is 4.36 Å². The number of fused-ring (bicyclic) bond motifs is 1. The molecule has 2 aliphatic rings. The molecule has 9 nitrogen and oxygen atoms in total. The molecule has 0 saturated carbocycles. The van der Waals surface area contributed by atoms with E-state index in [4.69, 9.17) is 14.2 Å². The maximum Gasteiger partial charge on any atom is 0.422 e. The molecule has 41 heavy (non-hydrogen) atoms. The molecule has 5 rings (SSSR count). The predicted molar refractivity (Wildman–Crippen MR) is 147 cm³/mol. The minimum absolute atomic E-state index is 0.0919.